The molecule has 0 unspecified atom stereocenters. The lowest BCUT2D eigenvalue weighted by Gasteiger charge is -2.06. The number of benzene rings is 2. The molecule has 2 aromatic carbocycles. The molecule has 0 aliphatic carbocycles. The first-order chi connectivity index (χ1) is 10.1. The van der Waals surface area contributed by atoms with Crippen LogP contribution in [-0.4, -0.2) is 5.16 Å². The normalized spacial score (nSPS) is 10.8. The van der Waals surface area contributed by atoms with E-state index in [1.165, 1.54) is 6.07 Å². The highest BCUT2D eigenvalue weighted by Crippen LogP contribution is 2.40. The topological polar surface area (TPSA) is 52.0 Å². The average molecular weight is 412 g/mol. The van der Waals surface area contributed by atoms with Gasteiger partial charge >= 0.3 is 0 Å². The Balaban J connectivity index is 2.27. The van der Waals surface area contributed by atoms with E-state index in [0.29, 0.717) is 16.8 Å². The molecule has 0 saturated heterocycles. The van der Waals surface area contributed by atoms with Crippen LogP contribution in [-0.2, 0) is 0 Å². The minimum absolute atomic E-state index is 0.0852. The van der Waals surface area contributed by atoms with Gasteiger partial charge in [0.25, 0.3) is 0 Å². The van der Waals surface area contributed by atoms with Crippen LogP contribution in [0.1, 0.15) is 0 Å². The van der Waals surface area contributed by atoms with E-state index >= 15 is 0 Å². The molecule has 0 bridgehead atoms. The predicted octanol–water partition coefficient (Wildman–Crippen LogP) is 5.25. The monoisotopic (exact) mass is 410 g/mol. The molecule has 6 heteroatoms. The summed E-state index contributed by atoms with van der Waals surface area (Å²) in [6.45, 7) is 0. The Morgan fingerprint density at radius 1 is 1.05 bits per heavy atom. The van der Waals surface area contributed by atoms with Crippen LogP contribution in [0.5, 0.6) is 0 Å². The zero-order valence-corrected chi connectivity index (χ0v) is 13.8. The summed E-state index contributed by atoms with van der Waals surface area (Å²) in [5.74, 6) is -0.290. The molecule has 2 N–H and O–H groups in total. The summed E-state index contributed by atoms with van der Waals surface area (Å²) in [5.41, 5.74) is 7.91. The number of anilines is 1. The maximum Gasteiger partial charge on any atom is 0.230 e. The lowest BCUT2D eigenvalue weighted by Crippen LogP contribution is -1.91. The number of rotatable bonds is 2. The van der Waals surface area contributed by atoms with Crippen molar-refractivity contribution in [2.45, 2.75) is 0 Å². The van der Waals surface area contributed by atoms with Gasteiger partial charge in [-0.25, -0.2) is 4.39 Å². The van der Waals surface area contributed by atoms with Crippen molar-refractivity contribution >= 4 is 37.7 Å². The molecule has 3 aromatic rings. The SMILES string of the molecule is Nc1onc(-c2cc(Br)ccc2Br)c1-c1ccccc1F. The van der Waals surface area contributed by atoms with E-state index in [1.54, 1.807) is 18.2 Å². The summed E-state index contributed by atoms with van der Waals surface area (Å²) in [5, 5.41) is 3.99. The van der Waals surface area contributed by atoms with Gasteiger partial charge in [-0.3, -0.25) is 0 Å². The second-order valence-electron chi connectivity index (χ2n) is 4.37. The standard InChI is InChI=1S/C15H9Br2FN2O/c16-8-5-6-11(17)10(7-8)14-13(15(19)21-20-14)9-3-1-2-4-12(9)18/h1-7H,19H2. The fourth-order valence-corrected chi connectivity index (χ4v) is 2.89. The number of nitrogens with two attached hydrogens (primary N) is 1. The first-order valence-electron chi connectivity index (χ1n) is 6.03. The average Bonchev–Trinajstić information content (AvgIpc) is 2.84. The maximum absolute atomic E-state index is 14.1. The van der Waals surface area contributed by atoms with E-state index in [9.17, 15) is 4.39 Å². The third-order valence-corrected chi connectivity index (χ3v) is 4.23. The van der Waals surface area contributed by atoms with E-state index in [1.807, 2.05) is 18.2 Å². The number of hydrogen-bond acceptors (Lipinski definition) is 3. The maximum atomic E-state index is 14.1. The number of halogens is 3. The zero-order valence-electron chi connectivity index (χ0n) is 10.6. The lowest BCUT2D eigenvalue weighted by molar-refractivity contribution is 0.439. The van der Waals surface area contributed by atoms with Gasteiger partial charge in [0, 0.05) is 20.1 Å². The Labute approximate surface area is 137 Å². The summed E-state index contributed by atoms with van der Waals surface area (Å²) in [7, 11) is 0. The number of nitrogen functional groups attached to an aromatic ring is 1. The van der Waals surface area contributed by atoms with Gasteiger partial charge < -0.3 is 10.3 Å². The highest BCUT2D eigenvalue weighted by molar-refractivity contribution is 9.11. The van der Waals surface area contributed by atoms with Crippen LogP contribution in [0.2, 0.25) is 0 Å². The van der Waals surface area contributed by atoms with Crippen LogP contribution in [0.15, 0.2) is 55.9 Å². The number of aromatic nitrogens is 1. The summed E-state index contributed by atoms with van der Waals surface area (Å²) >= 11 is 6.88. The Morgan fingerprint density at radius 3 is 2.57 bits per heavy atom. The molecule has 21 heavy (non-hydrogen) atoms. The van der Waals surface area contributed by atoms with Crippen molar-refractivity contribution in [2.75, 3.05) is 5.73 Å². The molecule has 106 valence electrons. The summed E-state index contributed by atoms with van der Waals surface area (Å²) in [6.07, 6.45) is 0. The van der Waals surface area contributed by atoms with E-state index < -0.39 is 0 Å². The van der Waals surface area contributed by atoms with E-state index in [4.69, 9.17) is 10.3 Å². The summed E-state index contributed by atoms with van der Waals surface area (Å²) in [6, 6.07) is 12.0. The van der Waals surface area contributed by atoms with Gasteiger partial charge in [-0.1, -0.05) is 55.2 Å². The van der Waals surface area contributed by atoms with E-state index in [2.05, 4.69) is 37.0 Å². The Hall–Kier alpha value is -1.66. The van der Waals surface area contributed by atoms with Crippen molar-refractivity contribution in [1.82, 2.24) is 5.16 Å². The van der Waals surface area contributed by atoms with Gasteiger partial charge in [0.05, 0.1) is 5.56 Å². The first-order valence-corrected chi connectivity index (χ1v) is 7.62. The van der Waals surface area contributed by atoms with Gasteiger partial charge in [0.15, 0.2) is 0 Å². The Morgan fingerprint density at radius 2 is 1.81 bits per heavy atom. The smallest absolute Gasteiger partial charge is 0.230 e. The molecule has 0 atom stereocenters. The second kappa shape index (κ2) is 5.61. The molecule has 0 saturated carbocycles. The molecule has 3 rings (SSSR count). The molecule has 0 radical (unpaired) electrons. The lowest BCUT2D eigenvalue weighted by atomic mass is 10.0. The van der Waals surface area contributed by atoms with Crippen molar-refractivity contribution in [3.05, 3.63) is 57.2 Å². The molecule has 0 fully saturated rings. The van der Waals surface area contributed by atoms with Gasteiger partial charge in [-0.2, -0.15) is 0 Å². The van der Waals surface area contributed by atoms with Crippen molar-refractivity contribution in [1.29, 1.82) is 0 Å². The fourth-order valence-electron chi connectivity index (χ4n) is 2.09. The number of hydrogen-bond donors (Lipinski definition) is 1. The van der Waals surface area contributed by atoms with E-state index in [0.717, 1.165) is 14.5 Å². The Bertz CT molecular complexity index is 817. The van der Waals surface area contributed by atoms with Crippen molar-refractivity contribution in [3.63, 3.8) is 0 Å². The third-order valence-electron chi connectivity index (χ3n) is 3.05. The van der Waals surface area contributed by atoms with Crippen LogP contribution in [0.4, 0.5) is 10.3 Å². The van der Waals surface area contributed by atoms with E-state index in [-0.39, 0.29) is 11.7 Å². The van der Waals surface area contributed by atoms with Crippen LogP contribution < -0.4 is 5.73 Å². The number of nitrogens with zero attached hydrogens (tertiary/aromatic N) is 1. The predicted molar refractivity (Wildman–Crippen MR) is 87.1 cm³/mol. The van der Waals surface area contributed by atoms with Gasteiger partial charge in [-0.05, 0) is 24.3 Å². The molecule has 1 aromatic heterocycles. The first kappa shape index (κ1) is 14.3. The quantitative estimate of drug-likeness (QED) is 0.626. The molecular weight excluding hydrogens is 403 g/mol. The van der Waals surface area contributed by atoms with Crippen LogP contribution in [0.25, 0.3) is 22.4 Å². The molecule has 1 heterocycles. The van der Waals surface area contributed by atoms with Gasteiger partial charge in [0.2, 0.25) is 5.88 Å². The molecule has 0 spiro atoms. The van der Waals surface area contributed by atoms with Crippen LogP contribution in [0, 0.1) is 5.82 Å². The molecule has 0 amide bonds. The minimum Gasteiger partial charge on any atom is -0.367 e. The Kier molecular flexibility index (Phi) is 3.82. The minimum atomic E-state index is -0.375. The highest BCUT2D eigenvalue weighted by atomic mass is 79.9. The van der Waals surface area contributed by atoms with Gasteiger partial charge in [-0.15, -0.1) is 0 Å². The van der Waals surface area contributed by atoms with Gasteiger partial charge in [0.1, 0.15) is 11.5 Å². The molecule has 3 nitrogen and oxygen atoms in total. The molecule has 0 aliphatic rings. The van der Waals surface area contributed by atoms with Crippen molar-refractivity contribution in [2.24, 2.45) is 0 Å². The zero-order chi connectivity index (χ0) is 15.0. The summed E-state index contributed by atoms with van der Waals surface area (Å²) in [4.78, 5) is 0. The van der Waals surface area contributed by atoms with Crippen LogP contribution >= 0.6 is 31.9 Å². The third kappa shape index (κ3) is 2.61. The fraction of sp³-hybridized carbons (Fsp3) is 0. The highest BCUT2D eigenvalue weighted by Gasteiger charge is 2.21. The summed E-state index contributed by atoms with van der Waals surface area (Å²) < 4.78 is 20.8. The molecular formula is C15H9Br2FN2O. The van der Waals surface area contributed by atoms with Crippen molar-refractivity contribution < 1.29 is 8.91 Å². The van der Waals surface area contributed by atoms with Crippen LogP contribution in [0.3, 0.4) is 0 Å². The van der Waals surface area contributed by atoms with Crippen molar-refractivity contribution in [3.8, 4) is 22.4 Å². The molecule has 0 aliphatic heterocycles. The second-order valence-corrected chi connectivity index (χ2v) is 6.14. The largest absolute Gasteiger partial charge is 0.367 e.